The molecule has 20 heavy (non-hydrogen) atoms. The van der Waals surface area contributed by atoms with Crippen molar-refractivity contribution in [3.63, 3.8) is 0 Å². The molecule has 2 unspecified atom stereocenters. The molecule has 1 aliphatic rings. The van der Waals surface area contributed by atoms with Crippen LogP contribution in [0.3, 0.4) is 0 Å². The van der Waals surface area contributed by atoms with Crippen LogP contribution in [0.1, 0.15) is 18.7 Å². The molecule has 1 aliphatic heterocycles. The number of nitrogens with zero attached hydrogens (tertiary/aromatic N) is 3. The Morgan fingerprint density at radius 2 is 2.25 bits per heavy atom. The molecule has 1 fully saturated rings. The molecule has 5 heteroatoms. The van der Waals surface area contributed by atoms with Gasteiger partial charge in [-0.1, -0.05) is 0 Å². The van der Waals surface area contributed by atoms with Gasteiger partial charge in [0.2, 0.25) is 0 Å². The molecule has 3 heterocycles. The van der Waals surface area contributed by atoms with Gasteiger partial charge in [0, 0.05) is 60.3 Å². The molecule has 108 valence electrons. The second kappa shape index (κ2) is 5.68. The quantitative estimate of drug-likeness (QED) is 0.942. The van der Waals surface area contributed by atoms with Crippen LogP contribution in [-0.2, 0) is 13.6 Å². The second-order valence-corrected chi connectivity index (χ2v) is 6.79. The molecule has 3 rings (SSSR count). The smallest absolute Gasteiger partial charge is 0.0576 e. The van der Waals surface area contributed by atoms with Gasteiger partial charge in [-0.25, -0.2) is 0 Å². The van der Waals surface area contributed by atoms with E-state index in [1.807, 2.05) is 29.3 Å². The Bertz CT molecular complexity index is 574. The van der Waals surface area contributed by atoms with Gasteiger partial charge in [0.1, 0.15) is 0 Å². The fraction of sp³-hybridized carbons (Fsp3) is 0.533. The Kier molecular flexibility index (Phi) is 3.92. The summed E-state index contributed by atoms with van der Waals surface area (Å²) in [5.74, 6) is 0. The third kappa shape index (κ3) is 2.80. The van der Waals surface area contributed by atoms with E-state index in [2.05, 4.69) is 47.5 Å². The summed E-state index contributed by atoms with van der Waals surface area (Å²) in [5, 5.41) is 7.78. The minimum absolute atomic E-state index is 0.571. The highest BCUT2D eigenvalue weighted by atomic mass is 32.1. The highest BCUT2D eigenvalue weighted by Crippen LogP contribution is 2.29. The Labute approximate surface area is 124 Å². The molecule has 1 saturated heterocycles. The van der Waals surface area contributed by atoms with Crippen molar-refractivity contribution in [2.24, 2.45) is 7.05 Å². The van der Waals surface area contributed by atoms with Crippen molar-refractivity contribution < 1.29 is 0 Å². The lowest BCUT2D eigenvalue weighted by molar-refractivity contribution is 0.132. The number of hydrogen-bond donors (Lipinski definition) is 1. The SMILES string of the molecule is CC1NCCN(Cc2ccc(-c3cnn(C)c3)s2)C1C. The first-order valence-electron chi connectivity index (χ1n) is 7.18. The molecular weight excluding hydrogens is 268 g/mol. The van der Waals surface area contributed by atoms with Crippen LogP contribution < -0.4 is 5.32 Å². The lowest BCUT2D eigenvalue weighted by atomic mass is 10.1. The van der Waals surface area contributed by atoms with Crippen LogP contribution in [-0.4, -0.2) is 39.9 Å². The van der Waals surface area contributed by atoms with Crippen LogP contribution in [0.4, 0.5) is 0 Å². The largest absolute Gasteiger partial charge is 0.311 e. The Morgan fingerprint density at radius 3 is 3.00 bits per heavy atom. The van der Waals surface area contributed by atoms with Gasteiger partial charge in [0.15, 0.2) is 0 Å². The van der Waals surface area contributed by atoms with Crippen molar-refractivity contribution >= 4 is 11.3 Å². The van der Waals surface area contributed by atoms with E-state index < -0.39 is 0 Å². The molecular formula is C15H22N4S. The molecule has 4 nitrogen and oxygen atoms in total. The first-order chi connectivity index (χ1) is 9.63. The average Bonchev–Trinajstić information content (AvgIpc) is 3.04. The number of thiophene rings is 1. The third-order valence-corrected chi connectivity index (χ3v) is 5.29. The van der Waals surface area contributed by atoms with Crippen LogP contribution in [0.2, 0.25) is 0 Å². The van der Waals surface area contributed by atoms with Crippen LogP contribution in [0.15, 0.2) is 24.5 Å². The van der Waals surface area contributed by atoms with Gasteiger partial charge < -0.3 is 5.32 Å². The maximum absolute atomic E-state index is 4.24. The van der Waals surface area contributed by atoms with Crippen molar-refractivity contribution in [2.45, 2.75) is 32.5 Å². The second-order valence-electron chi connectivity index (χ2n) is 5.62. The number of hydrogen-bond acceptors (Lipinski definition) is 4. The van der Waals surface area contributed by atoms with Gasteiger partial charge in [-0.05, 0) is 26.0 Å². The van der Waals surface area contributed by atoms with Gasteiger partial charge in [-0.3, -0.25) is 9.58 Å². The Morgan fingerprint density at radius 1 is 1.40 bits per heavy atom. The van der Waals surface area contributed by atoms with E-state index in [4.69, 9.17) is 0 Å². The van der Waals surface area contributed by atoms with Crippen LogP contribution in [0.5, 0.6) is 0 Å². The van der Waals surface area contributed by atoms with Crippen LogP contribution in [0, 0.1) is 0 Å². The lowest BCUT2D eigenvalue weighted by Gasteiger charge is -2.38. The van der Waals surface area contributed by atoms with Gasteiger partial charge >= 0.3 is 0 Å². The van der Waals surface area contributed by atoms with E-state index >= 15 is 0 Å². The average molecular weight is 290 g/mol. The van der Waals surface area contributed by atoms with E-state index in [0.29, 0.717) is 12.1 Å². The highest BCUT2D eigenvalue weighted by molar-refractivity contribution is 7.15. The first-order valence-corrected chi connectivity index (χ1v) is 8.00. The molecule has 2 aromatic rings. The normalized spacial score (nSPS) is 24.1. The van der Waals surface area contributed by atoms with Gasteiger partial charge in [-0.2, -0.15) is 5.10 Å². The zero-order chi connectivity index (χ0) is 14.1. The maximum atomic E-state index is 4.24. The summed E-state index contributed by atoms with van der Waals surface area (Å²) in [5.41, 5.74) is 1.21. The predicted molar refractivity (Wildman–Crippen MR) is 83.9 cm³/mol. The summed E-state index contributed by atoms with van der Waals surface area (Å²) in [6.07, 6.45) is 4.01. The highest BCUT2D eigenvalue weighted by Gasteiger charge is 2.24. The molecule has 2 aromatic heterocycles. The zero-order valence-electron chi connectivity index (χ0n) is 12.3. The minimum Gasteiger partial charge on any atom is -0.311 e. The van der Waals surface area contributed by atoms with Crippen LogP contribution >= 0.6 is 11.3 Å². The molecule has 0 amide bonds. The number of aryl methyl sites for hydroxylation is 1. The summed E-state index contributed by atoms with van der Waals surface area (Å²) < 4.78 is 1.86. The summed E-state index contributed by atoms with van der Waals surface area (Å²) in [6.45, 7) is 7.86. The summed E-state index contributed by atoms with van der Waals surface area (Å²) >= 11 is 1.88. The van der Waals surface area contributed by atoms with Crippen LogP contribution in [0.25, 0.3) is 10.4 Å². The van der Waals surface area contributed by atoms with Crippen molar-refractivity contribution in [2.75, 3.05) is 13.1 Å². The van der Waals surface area contributed by atoms with E-state index in [9.17, 15) is 0 Å². The molecule has 0 aromatic carbocycles. The van der Waals surface area contributed by atoms with E-state index in [-0.39, 0.29) is 0 Å². The van der Waals surface area contributed by atoms with E-state index in [1.54, 1.807) is 0 Å². The van der Waals surface area contributed by atoms with Crippen molar-refractivity contribution in [1.29, 1.82) is 0 Å². The van der Waals surface area contributed by atoms with Crippen molar-refractivity contribution in [3.8, 4) is 10.4 Å². The number of rotatable bonds is 3. The standard InChI is InChI=1S/C15H22N4S/c1-11-12(2)19(7-6-16-11)10-14-4-5-15(20-14)13-8-17-18(3)9-13/h4-5,8-9,11-12,16H,6-7,10H2,1-3H3. The molecule has 0 radical (unpaired) electrons. The molecule has 0 bridgehead atoms. The number of aromatic nitrogens is 2. The third-order valence-electron chi connectivity index (χ3n) is 4.17. The van der Waals surface area contributed by atoms with Crippen molar-refractivity contribution in [1.82, 2.24) is 20.0 Å². The fourth-order valence-electron chi connectivity index (χ4n) is 2.72. The first kappa shape index (κ1) is 13.8. The molecule has 0 spiro atoms. The molecule has 0 aliphatic carbocycles. The molecule has 2 atom stereocenters. The van der Waals surface area contributed by atoms with E-state index in [0.717, 1.165) is 19.6 Å². The number of nitrogens with one attached hydrogen (secondary N) is 1. The van der Waals surface area contributed by atoms with Gasteiger partial charge in [-0.15, -0.1) is 11.3 Å². The zero-order valence-corrected chi connectivity index (χ0v) is 13.2. The summed E-state index contributed by atoms with van der Waals surface area (Å²) in [6, 6.07) is 5.63. The summed E-state index contributed by atoms with van der Waals surface area (Å²) in [4.78, 5) is 5.31. The van der Waals surface area contributed by atoms with Gasteiger partial charge in [0.25, 0.3) is 0 Å². The molecule has 1 N–H and O–H groups in total. The lowest BCUT2D eigenvalue weighted by Crippen LogP contribution is -2.54. The number of piperazine rings is 1. The Balaban J connectivity index is 1.71. The summed E-state index contributed by atoms with van der Waals surface area (Å²) in [7, 11) is 1.96. The predicted octanol–water partition coefficient (Wildman–Crippen LogP) is 2.33. The molecule has 0 saturated carbocycles. The fourth-order valence-corrected chi connectivity index (χ4v) is 3.72. The maximum Gasteiger partial charge on any atom is 0.0576 e. The Hall–Kier alpha value is -1.17. The monoisotopic (exact) mass is 290 g/mol. The van der Waals surface area contributed by atoms with Crippen molar-refractivity contribution in [3.05, 3.63) is 29.4 Å². The van der Waals surface area contributed by atoms with E-state index in [1.165, 1.54) is 15.3 Å². The van der Waals surface area contributed by atoms with Gasteiger partial charge in [0.05, 0.1) is 6.20 Å². The topological polar surface area (TPSA) is 33.1 Å². The minimum atomic E-state index is 0.571.